The molecule has 20 heavy (non-hydrogen) atoms. The van der Waals surface area contributed by atoms with Gasteiger partial charge < -0.3 is 10.4 Å². The van der Waals surface area contributed by atoms with Gasteiger partial charge >= 0.3 is 5.97 Å². The van der Waals surface area contributed by atoms with Gasteiger partial charge in [-0.3, -0.25) is 9.59 Å². The summed E-state index contributed by atoms with van der Waals surface area (Å²) < 4.78 is 0. The molecular formula is C16H21NO3. The van der Waals surface area contributed by atoms with E-state index in [1.54, 1.807) is 6.92 Å². The van der Waals surface area contributed by atoms with Crippen molar-refractivity contribution in [3.05, 3.63) is 30.3 Å². The maximum Gasteiger partial charge on any atom is 0.309 e. The summed E-state index contributed by atoms with van der Waals surface area (Å²) in [6.45, 7) is 3.63. The quantitative estimate of drug-likeness (QED) is 0.890. The average Bonchev–Trinajstić information content (AvgIpc) is 2.42. The predicted octanol–water partition coefficient (Wildman–Crippen LogP) is 3.15. The number of carbonyl (C=O) groups excluding carboxylic acids is 1. The van der Waals surface area contributed by atoms with Crippen LogP contribution in [0, 0.1) is 17.3 Å². The van der Waals surface area contributed by atoms with Crippen LogP contribution in [0.3, 0.4) is 0 Å². The van der Waals surface area contributed by atoms with Gasteiger partial charge in [0.05, 0.1) is 5.41 Å². The number of rotatable bonds is 3. The van der Waals surface area contributed by atoms with Crippen LogP contribution in [0.15, 0.2) is 30.3 Å². The number of benzene rings is 1. The molecule has 108 valence electrons. The fourth-order valence-electron chi connectivity index (χ4n) is 3.03. The van der Waals surface area contributed by atoms with E-state index in [4.69, 9.17) is 0 Å². The second kappa shape index (κ2) is 5.65. The first kappa shape index (κ1) is 14.6. The minimum atomic E-state index is -0.809. The molecular weight excluding hydrogens is 254 g/mol. The molecule has 2 N–H and O–H groups in total. The molecule has 0 bridgehead atoms. The maximum atomic E-state index is 12.4. The van der Waals surface area contributed by atoms with E-state index in [0.29, 0.717) is 6.42 Å². The van der Waals surface area contributed by atoms with E-state index < -0.39 is 11.4 Å². The number of carboxylic acid groups (broad SMARTS) is 1. The zero-order valence-corrected chi connectivity index (χ0v) is 11.9. The highest BCUT2D eigenvalue weighted by Crippen LogP contribution is 2.44. The Labute approximate surface area is 119 Å². The second-order valence-electron chi connectivity index (χ2n) is 5.87. The largest absolute Gasteiger partial charge is 0.481 e. The maximum absolute atomic E-state index is 12.4. The zero-order chi connectivity index (χ0) is 14.8. The summed E-state index contributed by atoms with van der Waals surface area (Å²) in [5, 5.41) is 12.3. The lowest BCUT2D eigenvalue weighted by Crippen LogP contribution is -2.45. The first-order valence-electron chi connectivity index (χ1n) is 7.04. The molecule has 3 atom stereocenters. The van der Waals surface area contributed by atoms with Gasteiger partial charge in [0.2, 0.25) is 5.91 Å². The molecule has 0 aliphatic heterocycles. The number of carbonyl (C=O) groups is 2. The van der Waals surface area contributed by atoms with Crippen molar-refractivity contribution in [2.24, 2.45) is 17.3 Å². The second-order valence-corrected chi connectivity index (χ2v) is 5.87. The third-order valence-electron chi connectivity index (χ3n) is 4.69. The summed E-state index contributed by atoms with van der Waals surface area (Å²) in [5.41, 5.74) is -0.0518. The lowest BCUT2D eigenvalue weighted by atomic mass is 9.63. The molecule has 0 spiro atoms. The van der Waals surface area contributed by atoms with E-state index >= 15 is 0 Å². The SMILES string of the molecule is C[C@@H]1[C@H](C(=O)Nc2ccccc2)CCC[C@@]1(C)C(=O)O. The molecule has 4 nitrogen and oxygen atoms in total. The van der Waals surface area contributed by atoms with Gasteiger partial charge in [0.15, 0.2) is 0 Å². The molecule has 1 aliphatic carbocycles. The van der Waals surface area contributed by atoms with E-state index in [1.165, 1.54) is 0 Å². The van der Waals surface area contributed by atoms with Crippen molar-refractivity contribution < 1.29 is 14.7 Å². The molecule has 4 heteroatoms. The van der Waals surface area contributed by atoms with Gasteiger partial charge in [0, 0.05) is 11.6 Å². The van der Waals surface area contributed by atoms with Crippen LogP contribution in [0.4, 0.5) is 5.69 Å². The van der Waals surface area contributed by atoms with Gasteiger partial charge in [0.25, 0.3) is 0 Å². The minimum absolute atomic E-state index is 0.0733. The first-order valence-corrected chi connectivity index (χ1v) is 7.04. The monoisotopic (exact) mass is 275 g/mol. The van der Waals surface area contributed by atoms with Crippen LogP contribution < -0.4 is 5.32 Å². The number of carboxylic acids is 1. The summed E-state index contributed by atoms with van der Waals surface area (Å²) >= 11 is 0. The summed E-state index contributed by atoms with van der Waals surface area (Å²) in [6, 6.07) is 9.28. The fraction of sp³-hybridized carbons (Fsp3) is 0.500. The Morgan fingerprint density at radius 3 is 2.55 bits per heavy atom. The highest BCUT2D eigenvalue weighted by atomic mass is 16.4. The molecule has 1 aromatic carbocycles. The van der Waals surface area contributed by atoms with E-state index in [-0.39, 0.29) is 17.7 Å². The van der Waals surface area contributed by atoms with Crippen LogP contribution in [0.2, 0.25) is 0 Å². The standard InChI is InChI=1S/C16H21NO3/c1-11-13(9-6-10-16(11,2)15(19)20)14(18)17-12-7-4-3-5-8-12/h3-5,7-8,11,13H,6,9-10H2,1-2H3,(H,17,18)(H,19,20)/t11-,13-,16-/m1/s1. The number of nitrogens with one attached hydrogen (secondary N) is 1. The molecule has 0 radical (unpaired) electrons. The molecule has 0 unspecified atom stereocenters. The third kappa shape index (κ3) is 2.69. The third-order valence-corrected chi connectivity index (χ3v) is 4.69. The summed E-state index contributed by atoms with van der Waals surface area (Å²) in [5.74, 6) is -1.29. The molecule has 1 amide bonds. The molecule has 0 aromatic heterocycles. The zero-order valence-electron chi connectivity index (χ0n) is 11.9. The minimum Gasteiger partial charge on any atom is -0.481 e. The normalized spacial score (nSPS) is 29.7. The number of anilines is 1. The molecule has 1 saturated carbocycles. The van der Waals surface area contributed by atoms with Gasteiger partial charge in [-0.1, -0.05) is 31.5 Å². The van der Waals surface area contributed by atoms with Crippen molar-refractivity contribution in [1.29, 1.82) is 0 Å². The van der Waals surface area contributed by atoms with Crippen LogP contribution in [0.1, 0.15) is 33.1 Å². The predicted molar refractivity (Wildman–Crippen MR) is 77.3 cm³/mol. The number of amides is 1. The average molecular weight is 275 g/mol. The number of aliphatic carboxylic acids is 1. The van der Waals surface area contributed by atoms with Gasteiger partial charge in [-0.15, -0.1) is 0 Å². The molecule has 0 saturated heterocycles. The van der Waals surface area contributed by atoms with Gasteiger partial charge in [-0.05, 0) is 37.8 Å². The molecule has 1 fully saturated rings. The van der Waals surface area contributed by atoms with Crippen molar-refractivity contribution in [1.82, 2.24) is 0 Å². The lowest BCUT2D eigenvalue weighted by Gasteiger charge is -2.40. The fourth-order valence-corrected chi connectivity index (χ4v) is 3.03. The molecule has 1 aliphatic rings. The van der Waals surface area contributed by atoms with Gasteiger partial charge in [-0.25, -0.2) is 0 Å². The van der Waals surface area contributed by atoms with E-state index in [2.05, 4.69) is 5.32 Å². The van der Waals surface area contributed by atoms with E-state index in [0.717, 1.165) is 18.5 Å². The smallest absolute Gasteiger partial charge is 0.309 e. The topological polar surface area (TPSA) is 66.4 Å². The summed E-state index contributed by atoms with van der Waals surface area (Å²) in [4.78, 5) is 23.9. The van der Waals surface area contributed by atoms with Crippen molar-refractivity contribution >= 4 is 17.6 Å². The Morgan fingerprint density at radius 1 is 1.30 bits per heavy atom. The Balaban J connectivity index is 2.12. The summed E-state index contributed by atoms with van der Waals surface area (Å²) in [6.07, 6.45) is 2.17. The van der Waals surface area contributed by atoms with Gasteiger partial charge in [0.1, 0.15) is 0 Å². The number of hydrogen-bond acceptors (Lipinski definition) is 2. The molecule has 2 rings (SSSR count). The first-order chi connectivity index (χ1) is 9.45. The summed E-state index contributed by atoms with van der Waals surface area (Å²) in [7, 11) is 0. The highest BCUT2D eigenvalue weighted by molar-refractivity contribution is 5.93. The molecule has 1 aromatic rings. The van der Waals surface area contributed by atoms with Crippen LogP contribution in [-0.2, 0) is 9.59 Å². The van der Waals surface area contributed by atoms with Crippen molar-refractivity contribution in [2.45, 2.75) is 33.1 Å². The number of para-hydroxylation sites is 1. The Bertz CT molecular complexity index is 500. The van der Waals surface area contributed by atoms with E-state index in [9.17, 15) is 14.7 Å². The Kier molecular flexibility index (Phi) is 4.12. The van der Waals surface area contributed by atoms with Gasteiger partial charge in [-0.2, -0.15) is 0 Å². The van der Waals surface area contributed by atoms with Crippen LogP contribution in [0.25, 0.3) is 0 Å². The Morgan fingerprint density at radius 2 is 1.95 bits per heavy atom. The lowest BCUT2D eigenvalue weighted by molar-refractivity contribution is -0.156. The molecule has 0 heterocycles. The van der Waals surface area contributed by atoms with E-state index in [1.807, 2.05) is 37.3 Å². The number of hydrogen-bond donors (Lipinski definition) is 2. The highest BCUT2D eigenvalue weighted by Gasteiger charge is 2.47. The van der Waals surface area contributed by atoms with Crippen molar-refractivity contribution in [2.75, 3.05) is 5.32 Å². The van der Waals surface area contributed by atoms with Crippen LogP contribution in [0.5, 0.6) is 0 Å². The van der Waals surface area contributed by atoms with Crippen molar-refractivity contribution in [3.63, 3.8) is 0 Å². The van der Waals surface area contributed by atoms with Crippen LogP contribution >= 0.6 is 0 Å². The van der Waals surface area contributed by atoms with Crippen LogP contribution in [-0.4, -0.2) is 17.0 Å². The van der Waals surface area contributed by atoms with Crippen molar-refractivity contribution in [3.8, 4) is 0 Å². The Hall–Kier alpha value is -1.84.